The molecule has 216 valence electrons. The second-order valence-electron chi connectivity index (χ2n) is 10.3. The van der Waals surface area contributed by atoms with Gasteiger partial charge in [0, 0.05) is 41.2 Å². The second-order valence-corrected chi connectivity index (χ2v) is 10.3. The van der Waals surface area contributed by atoms with Crippen LogP contribution in [0.1, 0.15) is 19.2 Å². The molecule has 0 aliphatic heterocycles. The molecule has 1 N–H and O–H groups in total. The lowest BCUT2D eigenvalue weighted by atomic mass is 10.1. The number of benzene rings is 5. The van der Waals surface area contributed by atoms with Crippen LogP contribution in [0.3, 0.4) is 0 Å². The molecule has 0 fully saturated rings. The molecule has 0 saturated heterocycles. The van der Waals surface area contributed by atoms with Gasteiger partial charge in [-0.2, -0.15) is 0 Å². The summed E-state index contributed by atoms with van der Waals surface area (Å²) in [6.45, 7) is 2.77. The smallest absolute Gasteiger partial charge is 0.248 e. The Morgan fingerprint density at radius 1 is 0.636 bits per heavy atom. The predicted octanol–water partition coefficient (Wildman–Crippen LogP) is 9.10. The molecule has 1 heterocycles. The molecule has 0 saturated carbocycles. The SMILES string of the molecule is CCC=C(C=CCN(c1ccccc1)c1ccc([NH+](c2ccccc2)c2ccccc2)cc1)c1nnc(-c2ccccc2)o1. The normalized spacial score (nSPS) is 11.7. The van der Waals surface area contributed by atoms with Crippen molar-refractivity contribution in [1.82, 2.24) is 10.2 Å². The van der Waals surface area contributed by atoms with Gasteiger partial charge in [0.25, 0.3) is 0 Å². The third-order valence-corrected chi connectivity index (χ3v) is 7.36. The van der Waals surface area contributed by atoms with E-state index in [4.69, 9.17) is 4.42 Å². The first-order valence-corrected chi connectivity index (χ1v) is 15.0. The summed E-state index contributed by atoms with van der Waals surface area (Å²) in [7, 11) is 0. The average molecular weight is 576 g/mol. The molecule has 0 aliphatic rings. The van der Waals surface area contributed by atoms with Gasteiger partial charge in [-0.15, -0.1) is 10.2 Å². The number of quaternary nitrogens is 1. The lowest BCUT2D eigenvalue weighted by Gasteiger charge is -2.25. The van der Waals surface area contributed by atoms with Crippen molar-refractivity contribution in [1.29, 1.82) is 0 Å². The summed E-state index contributed by atoms with van der Waals surface area (Å²) < 4.78 is 6.06. The highest BCUT2D eigenvalue weighted by Crippen LogP contribution is 2.28. The molecule has 0 amide bonds. The highest BCUT2D eigenvalue weighted by Gasteiger charge is 2.19. The van der Waals surface area contributed by atoms with E-state index < -0.39 is 0 Å². The van der Waals surface area contributed by atoms with Crippen molar-refractivity contribution in [3.63, 3.8) is 0 Å². The number of allylic oxidation sites excluding steroid dienone is 3. The monoisotopic (exact) mass is 575 g/mol. The summed E-state index contributed by atoms with van der Waals surface area (Å²) in [5, 5.41) is 8.64. The Morgan fingerprint density at radius 3 is 1.75 bits per heavy atom. The largest absolute Gasteiger partial charge is 0.416 e. The van der Waals surface area contributed by atoms with Crippen molar-refractivity contribution in [2.45, 2.75) is 13.3 Å². The Kier molecular flexibility index (Phi) is 9.16. The molecular weight excluding hydrogens is 540 g/mol. The lowest BCUT2D eigenvalue weighted by molar-refractivity contribution is -0.681. The van der Waals surface area contributed by atoms with E-state index in [0.717, 1.165) is 28.9 Å². The molecule has 44 heavy (non-hydrogen) atoms. The number of nitrogens with zero attached hydrogens (tertiary/aromatic N) is 3. The fraction of sp³-hybridized carbons (Fsp3) is 0.0769. The third kappa shape index (κ3) is 6.75. The number of hydrogen-bond acceptors (Lipinski definition) is 4. The van der Waals surface area contributed by atoms with Gasteiger partial charge < -0.3 is 9.32 Å². The van der Waals surface area contributed by atoms with Crippen molar-refractivity contribution in [3.8, 4) is 11.5 Å². The Bertz CT molecular complexity index is 1760. The summed E-state index contributed by atoms with van der Waals surface area (Å²) in [6, 6.07) is 50.3. The maximum Gasteiger partial charge on any atom is 0.248 e. The molecular formula is C39H35N4O+. The molecule has 5 heteroatoms. The van der Waals surface area contributed by atoms with Crippen LogP contribution >= 0.6 is 0 Å². The van der Waals surface area contributed by atoms with E-state index in [1.807, 2.05) is 36.4 Å². The first-order valence-electron chi connectivity index (χ1n) is 15.0. The van der Waals surface area contributed by atoms with Crippen LogP contribution in [0.5, 0.6) is 0 Å². The quantitative estimate of drug-likeness (QED) is 0.157. The minimum absolute atomic E-state index is 0.516. The van der Waals surface area contributed by atoms with Crippen LogP contribution in [-0.4, -0.2) is 16.7 Å². The van der Waals surface area contributed by atoms with Crippen molar-refractivity contribution < 1.29 is 9.32 Å². The molecule has 0 atom stereocenters. The minimum atomic E-state index is 0.516. The molecule has 1 aromatic heterocycles. The maximum atomic E-state index is 6.06. The maximum absolute atomic E-state index is 6.06. The zero-order valence-corrected chi connectivity index (χ0v) is 24.8. The molecule has 5 nitrogen and oxygen atoms in total. The van der Waals surface area contributed by atoms with Gasteiger partial charge in [0.05, 0.1) is 0 Å². The van der Waals surface area contributed by atoms with E-state index in [0.29, 0.717) is 18.3 Å². The van der Waals surface area contributed by atoms with E-state index in [-0.39, 0.29) is 0 Å². The molecule has 0 bridgehead atoms. The van der Waals surface area contributed by atoms with Crippen molar-refractivity contribution in [2.24, 2.45) is 0 Å². The van der Waals surface area contributed by atoms with Crippen LogP contribution in [0.2, 0.25) is 0 Å². The number of hydrogen-bond donors (Lipinski definition) is 1. The van der Waals surface area contributed by atoms with E-state index in [2.05, 4.69) is 149 Å². The number of nitrogens with one attached hydrogen (secondary N) is 1. The number of para-hydroxylation sites is 3. The van der Waals surface area contributed by atoms with Gasteiger partial charge in [-0.25, -0.2) is 4.90 Å². The topological polar surface area (TPSA) is 46.6 Å². The van der Waals surface area contributed by atoms with E-state index in [1.54, 1.807) is 0 Å². The van der Waals surface area contributed by atoms with Gasteiger partial charge in [0.1, 0.15) is 17.1 Å². The molecule has 0 unspecified atom stereocenters. The fourth-order valence-electron chi connectivity index (χ4n) is 5.25. The summed E-state index contributed by atoms with van der Waals surface area (Å²) in [5.41, 5.74) is 7.61. The third-order valence-electron chi connectivity index (χ3n) is 7.36. The lowest BCUT2D eigenvalue weighted by Crippen LogP contribution is -2.96. The van der Waals surface area contributed by atoms with Crippen LogP contribution < -0.4 is 9.80 Å². The number of aromatic nitrogens is 2. The van der Waals surface area contributed by atoms with Crippen LogP contribution in [0, 0.1) is 0 Å². The minimum Gasteiger partial charge on any atom is -0.416 e. The van der Waals surface area contributed by atoms with Gasteiger partial charge in [-0.3, -0.25) is 0 Å². The predicted molar refractivity (Wildman–Crippen MR) is 180 cm³/mol. The standard InChI is InChI=1S/C39H34N4O/c1-2-16-31(38-40-41-39(44-38)32-17-7-3-8-18-32)19-15-30-42(33-20-9-4-10-21-33)34-26-28-37(29-27-34)43(35-22-11-5-12-23-35)36-24-13-6-14-25-36/h3-29H,2,30H2,1H3/p+1. The van der Waals surface area contributed by atoms with Gasteiger partial charge in [0.15, 0.2) is 0 Å². The van der Waals surface area contributed by atoms with Crippen molar-refractivity contribution >= 4 is 34.0 Å². The Labute approximate surface area is 259 Å². The number of anilines is 2. The van der Waals surface area contributed by atoms with E-state index in [9.17, 15) is 0 Å². The molecule has 0 radical (unpaired) electrons. The van der Waals surface area contributed by atoms with Crippen LogP contribution in [0.25, 0.3) is 17.0 Å². The van der Waals surface area contributed by atoms with Crippen molar-refractivity contribution in [2.75, 3.05) is 11.4 Å². The fourth-order valence-corrected chi connectivity index (χ4v) is 5.25. The van der Waals surface area contributed by atoms with Gasteiger partial charge in [0.2, 0.25) is 11.8 Å². The van der Waals surface area contributed by atoms with Crippen LogP contribution in [0.4, 0.5) is 28.4 Å². The second kappa shape index (κ2) is 14.1. The summed E-state index contributed by atoms with van der Waals surface area (Å²) in [6.07, 6.45) is 7.20. The number of rotatable bonds is 11. The highest BCUT2D eigenvalue weighted by atomic mass is 16.4. The van der Waals surface area contributed by atoms with Crippen LogP contribution in [-0.2, 0) is 0 Å². The van der Waals surface area contributed by atoms with E-state index >= 15 is 0 Å². The Hall–Kier alpha value is -5.52. The Morgan fingerprint density at radius 2 is 1.16 bits per heavy atom. The zero-order chi connectivity index (χ0) is 30.0. The van der Waals surface area contributed by atoms with Crippen LogP contribution in [0.15, 0.2) is 168 Å². The van der Waals surface area contributed by atoms with Crippen molar-refractivity contribution in [3.05, 3.63) is 170 Å². The molecule has 6 rings (SSSR count). The first kappa shape index (κ1) is 28.6. The van der Waals surface area contributed by atoms with Gasteiger partial charge >= 0.3 is 0 Å². The average Bonchev–Trinajstić information content (AvgIpc) is 3.59. The molecule has 5 aromatic carbocycles. The summed E-state index contributed by atoms with van der Waals surface area (Å²) in [5.74, 6) is 1.03. The Balaban J connectivity index is 1.27. The molecule has 0 aliphatic carbocycles. The highest BCUT2D eigenvalue weighted by molar-refractivity contribution is 5.70. The van der Waals surface area contributed by atoms with Gasteiger partial charge in [-0.1, -0.05) is 97.9 Å². The van der Waals surface area contributed by atoms with E-state index in [1.165, 1.54) is 22.0 Å². The molecule has 0 spiro atoms. The summed E-state index contributed by atoms with van der Waals surface area (Å²) in [4.78, 5) is 3.52. The molecule has 6 aromatic rings. The summed E-state index contributed by atoms with van der Waals surface area (Å²) >= 11 is 0. The van der Waals surface area contributed by atoms with Gasteiger partial charge in [-0.05, 0) is 67.1 Å². The zero-order valence-electron chi connectivity index (χ0n) is 24.8. The first-order chi connectivity index (χ1) is 21.8.